The van der Waals surface area contributed by atoms with Crippen LogP contribution in [-0.2, 0) is 9.53 Å². The van der Waals surface area contributed by atoms with Crippen molar-refractivity contribution in [1.82, 2.24) is 10.4 Å². The SMILES string of the molecule is C/C(O)=C(\C#N)C(=O)NN1CC(C)OC(C)C1. The Hall–Kier alpha value is -1.58. The van der Waals surface area contributed by atoms with Gasteiger partial charge in [0.25, 0.3) is 5.91 Å². The Morgan fingerprint density at radius 3 is 2.41 bits per heavy atom. The molecule has 1 heterocycles. The van der Waals surface area contributed by atoms with Crippen molar-refractivity contribution in [3.63, 3.8) is 0 Å². The first-order valence-electron chi connectivity index (χ1n) is 5.45. The van der Waals surface area contributed by atoms with E-state index in [1.54, 1.807) is 11.1 Å². The highest BCUT2D eigenvalue weighted by atomic mass is 16.5. The molecule has 1 rings (SSSR count). The molecule has 0 bridgehead atoms. The van der Waals surface area contributed by atoms with Crippen molar-refractivity contribution in [3.8, 4) is 6.07 Å². The second-order valence-corrected chi connectivity index (χ2v) is 4.18. The molecule has 2 atom stereocenters. The summed E-state index contributed by atoms with van der Waals surface area (Å²) in [6.45, 7) is 6.24. The lowest BCUT2D eigenvalue weighted by atomic mass is 10.2. The molecule has 2 unspecified atom stereocenters. The van der Waals surface area contributed by atoms with Crippen LogP contribution < -0.4 is 5.43 Å². The molecule has 0 aliphatic carbocycles. The molecule has 17 heavy (non-hydrogen) atoms. The van der Waals surface area contributed by atoms with Crippen molar-refractivity contribution < 1.29 is 14.6 Å². The first-order chi connectivity index (χ1) is 7.93. The van der Waals surface area contributed by atoms with Crippen LogP contribution in [0.5, 0.6) is 0 Å². The van der Waals surface area contributed by atoms with Gasteiger partial charge in [0.05, 0.1) is 12.2 Å². The molecule has 0 aromatic rings. The molecule has 0 aromatic heterocycles. The van der Waals surface area contributed by atoms with Crippen molar-refractivity contribution >= 4 is 5.91 Å². The summed E-state index contributed by atoms with van der Waals surface area (Å²) in [4.78, 5) is 11.7. The van der Waals surface area contributed by atoms with Crippen LogP contribution in [0.3, 0.4) is 0 Å². The minimum Gasteiger partial charge on any atom is -0.511 e. The third-order valence-corrected chi connectivity index (χ3v) is 2.38. The van der Waals surface area contributed by atoms with E-state index >= 15 is 0 Å². The fourth-order valence-electron chi connectivity index (χ4n) is 1.76. The lowest BCUT2D eigenvalue weighted by Crippen LogP contribution is -2.53. The zero-order valence-corrected chi connectivity index (χ0v) is 10.2. The lowest BCUT2D eigenvalue weighted by Gasteiger charge is -2.35. The summed E-state index contributed by atoms with van der Waals surface area (Å²) in [5.74, 6) is -0.867. The Bertz CT molecular complexity index is 359. The molecule has 1 amide bonds. The van der Waals surface area contributed by atoms with Crippen LogP contribution in [0.2, 0.25) is 0 Å². The smallest absolute Gasteiger partial charge is 0.279 e. The number of aliphatic hydroxyl groups excluding tert-OH is 1. The lowest BCUT2D eigenvalue weighted by molar-refractivity contribution is -0.129. The third kappa shape index (κ3) is 3.73. The number of aliphatic hydroxyl groups is 1. The molecule has 94 valence electrons. The number of hydrogen-bond donors (Lipinski definition) is 2. The summed E-state index contributed by atoms with van der Waals surface area (Å²) < 4.78 is 5.51. The van der Waals surface area contributed by atoms with Crippen LogP contribution in [0.15, 0.2) is 11.3 Å². The average molecular weight is 239 g/mol. The van der Waals surface area contributed by atoms with Gasteiger partial charge in [0.1, 0.15) is 11.8 Å². The average Bonchev–Trinajstić information content (AvgIpc) is 2.15. The zero-order chi connectivity index (χ0) is 13.0. The van der Waals surface area contributed by atoms with Gasteiger partial charge in [-0.05, 0) is 20.8 Å². The Kier molecular flexibility index (Phi) is 4.49. The van der Waals surface area contributed by atoms with Gasteiger partial charge in [0.15, 0.2) is 5.57 Å². The first kappa shape index (κ1) is 13.5. The number of hydrogen-bond acceptors (Lipinski definition) is 5. The predicted octanol–water partition coefficient (Wildman–Crippen LogP) is 0.482. The van der Waals surface area contributed by atoms with Crippen LogP contribution in [-0.4, -0.2) is 41.3 Å². The zero-order valence-electron chi connectivity index (χ0n) is 10.2. The summed E-state index contributed by atoms with van der Waals surface area (Å²) in [6, 6.07) is 1.67. The fourth-order valence-corrected chi connectivity index (χ4v) is 1.76. The largest absolute Gasteiger partial charge is 0.511 e. The summed E-state index contributed by atoms with van der Waals surface area (Å²) in [5.41, 5.74) is 2.32. The van der Waals surface area contributed by atoms with Crippen LogP contribution >= 0.6 is 0 Å². The van der Waals surface area contributed by atoms with E-state index in [1.807, 2.05) is 13.8 Å². The molecule has 1 aliphatic heterocycles. The molecular weight excluding hydrogens is 222 g/mol. The first-order valence-corrected chi connectivity index (χ1v) is 5.45. The quantitative estimate of drug-likeness (QED) is 0.416. The van der Waals surface area contributed by atoms with E-state index in [2.05, 4.69) is 5.43 Å². The van der Waals surface area contributed by atoms with Crippen LogP contribution in [0.1, 0.15) is 20.8 Å². The predicted molar refractivity (Wildman–Crippen MR) is 60.7 cm³/mol. The number of allylic oxidation sites excluding steroid dienone is 1. The number of morpholine rings is 1. The summed E-state index contributed by atoms with van der Waals surface area (Å²) in [5, 5.41) is 19.6. The number of rotatable bonds is 2. The number of ether oxygens (including phenoxy) is 1. The van der Waals surface area contributed by atoms with Crippen LogP contribution in [0.4, 0.5) is 0 Å². The van der Waals surface area contributed by atoms with E-state index in [0.29, 0.717) is 13.1 Å². The third-order valence-electron chi connectivity index (χ3n) is 2.38. The van der Waals surface area contributed by atoms with Gasteiger partial charge in [-0.25, -0.2) is 5.01 Å². The molecule has 6 nitrogen and oxygen atoms in total. The number of nitriles is 1. The highest BCUT2D eigenvalue weighted by Gasteiger charge is 2.24. The molecule has 1 fully saturated rings. The van der Waals surface area contributed by atoms with Crippen LogP contribution in [0.25, 0.3) is 0 Å². The molecule has 0 saturated carbocycles. The molecule has 6 heteroatoms. The van der Waals surface area contributed by atoms with Crippen molar-refractivity contribution in [1.29, 1.82) is 5.26 Å². The Morgan fingerprint density at radius 1 is 1.47 bits per heavy atom. The van der Waals surface area contributed by atoms with E-state index < -0.39 is 5.91 Å². The fraction of sp³-hybridized carbons (Fsp3) is 0.636. The van der Waals surface area contributed by atoms with Gasteiger partial charge in [-0.3, -0.25) is 10.2 Å². The highest BCUT2D eigenvalue weighted by molar-refractivity contribution is 5.97. The summed E-state index contributed by atoms with van der Waals surface area (Å²) in [6.07, 6.45) is 0.0348. The standard InChI is InChI=1S/C11H17N3O3/c1-7-5-14(6-8(2)17-7)13-11(16)10(4-12)9(3)15/h7-8,15H,5-6H2,1-3H3,(H,13,16)/b10-9-. The van der Waals surface area contributed by atoms with E-state index in [4.69, 9.17) is 15.1 Å². The van der Waals surface area contributed by atoms with Gasteiger partial charge in [-0.1, -0.05) is 0 Å². The molecule has 0 aromatic carbocycles. The molecule has 1 saturated heterocycles. The molecule has 0 spiro atoms. The van der Waals surface area contributed by atoms with Crippen molar-refractivity contribution in [3.05, 3.63) is 11.3 Å². The number of nitrogens with zero attached hydrogens (tertiary/aromatic N) is 2. The van der Waals surface area contributed by atoms with E-state index in [1.165, 1.54) is 6.92 Å². The van der Waals surface area contributed by atoms with Crippen LogP contribution in [0, 0.1) is 11.3 Å². The number of carbonyl (C=O) groups excluding carboxylic acids is 1. The molecule has 0 radical (unpaired) electrons. The molecular formula is C11H17N3O3. The normalized spacial score (nSPS) is 26.9. The second-order valence-electron chi connectivity index (χ2n) is 4.18. The number of hydrazine groups is 1. The maximum Gasteiger partial charge on any atom is 0.279 e. The van der Waals surface area contributed by atoms with E-state index in [9.17, 15) is 4.79 Å². The minimum atomic E-state index is -0.589. The van der Waals surface area contributed by atoms with Gasteiger partial charge in [-0.2, -0.15) is 5.26 Å². The number of nitrogens with one attached hydrogen (secondary N) is 1. The number of amides is 1. The topological polar surface area (TPSA) is 85.6 Å². The van der Waals surface area contributed by atoms with Gasteiger partial charge < -0.3 is 9.84 Å². The highest BCUT2D eigenvalue weighted by Crippen LogP contribution is 2.09. The minimum absolute atomic E-state index is 0.0174. The molecule has 1 aliphatic rings. The van der Waals surface area contributed by atoms with Gasteiger partial charge in [-0.15, -0.1) is 0 Å². The van der Waals surface area contributed by atoms with Gasteiger partial charge in [0.2, 0.25) is 0 Å². The van der Waals surface area contributed by atoms with Crippen molar-refractivity contribution in [2.24, 2.45) is 0 Å². The Morgan fingerprint density at radius 2 is 2.00 bits per heavy atom. The van der Waals surface area contributed by atoms with Crippen molar-refractivity contribution in [2.45, 2.75) is 33.0 Å². The van der Waals surface area contributed by atoms with Gasteiger partial charge >= 0.3 is 0 Å². The number of carbonyl (C=O) groups is 1. The molecule has 2 N–H and O–H groups in total. The maximum atomic E-state index is 11.7. The van der Waals surface area contributed by atoms with Crippen molar-refractivity contribution in [2.75, 3.05) is 13.1 Å². The Labute approximate surface area is 100 Å². The van der Waals surface area contributed by atoms with E-state index in [-0.39, 0.29) is 23.5 Å². The second kappa shape index (κ2) is 5.66. The maximum absolute atomic E-state index is 11.7. The summed E-state index contributed by atoms with van der Waals surface area (Å²) in [7, 11) is 0. The van der Waals surface area contributed by atoms with Gasteiger partial charge in [0, 0.05) is 13.1 Å². The monoisotopic (exact) mass is 239 g/mol. The van der Waals surface area contributed by atoms with E-state index in [0.717, 1.165) is 0 Å². The summed E-state index contributed by atoms with van der Waals surface area (Å²) >= 11 is 0. The Balaban J connectivity index is 2.63.